The second-order valence-electron chi connectivity index (χ2n) is 11.9. The maximum Gasteiger partial charge on any atom is 0.0822 e. The molecule has 0 saturated heterocycles. The van der Waals surface area contributed by atoms with Gasteiger partial charge in [0.1, 0.15) is 0 Å². The number of hydrogen-bond acceptors (Lipinski definition) is 2. The largest absolute Gasteiger partial charge is 0.237 e. The van der Waals surface area contributed by atoms with Crippen LogP contribution in [0.2, 0.25) is 0 Å². The van der Waals surface area contributed by atoms with Crippen LogP contribution in [0.1, 0.15) is 206 Å². The molecule has 0 aromatic rings. The van der Waals surface area contributed by atoms with Crippen LogP contribution >= 0.6 is 0 Å². The lowest BCUT2D eigenvalue weighted by molar-refractivity contribution is -0.295. The van der Waals surface area contributed by atoms with E-state index in [1.165, 1.54) is 180 Å². The van der Waals surface area contributed by atoms with Gasteiger partial charge in [0.25, 0.3) is 0 Å². The van der Waals surface area contributed by atoms with Gasteiger partial charge in [-0.1, -0.05) is 180 Å². The highest BCUT2D eigenvalue weighted by Gasteiger charge is 1.96. The predicted molar refractivity (Wildman–Crippen MR) is 171 cm³/mol. The van der Waals surface area contributed by atoms with Crippen molar-refractivity contribution in [2.24, 2.45) is 0 Å². The zero-order chi connectivity index (χ0) is 27.5. The molecule has 0 aliphatic heterocycles. The summed E-state index contributed by atoms with van der Waals surface area (Å²) in [5.74, 6) is 0. The molecule has 228 valence electrons. The Bertz CT molecular complexity index is 420. The SMILES string of the molecule is CCCCCCCC/C=C\CCCCCCCCOOCCCCCCCCCCCCCCCCCC. The van der Waals surface area contributed by atoms with Crippen molar-refractivity contribution in [3.8, 4) is 0 Å². The molecule has 38 heavy (non-hydrogen) atoms. The third-order valence-electron chi connectivity index (χ3n) is 7.90. The summed E-state index contributed by atoms with van der Waals surface area (Å²) in [6.45, 7) is 6.12. The smallest absolute Gasteiger partial charge is 0.0822 e. The van der Waals surface area contributed by atoms with E-state index in [1.54, 1.807) is 0 Å². The Morgan fingerprint density at radius 3 is 0.816 bits per heavy atom. The van der Waals surface area contributed by atoms with Crippen molar-refractivity contribution in [2.75, 3.05) is 13.2 Å². The molecular weight excluding hydrogens is 464 g/mol. The first-order valence-corrected chi connectivity index (χ1v) is 17.8. The van der Waals surface area contributed by atoms with Crippen molar-refractivity contribution < 1.29 is 9.78 Å². The molecule has 0 spiro atoms. The Kier molecular flexibility index (Phi) is 36.3. The van der Waals surface area contributed by atoms with Crippen molar-refractivity contribution in [2.45, 2.75) is 206 Å². The first kappa shape index (κ1) is 37.7. The number of hydrogen-bond donors (Lipinski definition) is 0. The van der Waals surface area contributed by atoms with Gasteiger partial charge in [-0.05, 0) is 38.5 Å². The number of allylic oxidation sites excluding steroid dienone is 2. The summed E-state index contributed by atoms with van der Waals surface area (Å²) >= 11 is 0. The van der Waals surface area contributed by atoms with Crippen molar-refractivity contribution >= 4 is 0 Å². The van der Waals surface area contributed by atoms with Crippen LogP contribution in [0.3, 0.4) is 0 Å². The molecule has 0 amide bonds. The van der Waals surface area contributed by atoms with Gasteiger partial charge >= 0.3 is 0 Å². The minimum Gasteiger partial charge on any atom is -0.237 e. The lowest BCUT2D eigenvalue weighted by atomic mass is 10.0. The average Bonchev–Trinajstić information content (AvgIpc) is 2.93. The van der Waals surface area contributed by atoms with Gasteiger partial charge in [0.2, 0.25) is 0 Å². The molecule has 0 bridgehead atoms. The van der Waals surface area contributed by atoms with Crippen LogP contribution in [0.25, 0.3) is 0 Å². The van der Waals surface area contributed by atoms with Gasteiger partial charge in [-0.3, -0.25) is 0 Å². The first-order chi connectivity index (χ1) is 18.9. The summed E-state index contributed by atoms with van der Waals surface area (Å²) in [6.07, 6.45) is 46.1. The van der Waals surface area contributed by atoms with Gasteiger partial charge in [-0.2, -0.15) is 0 Å². The molecule has 0 atom stereocenters. The van der Waals surface area contributed by atoms with Crippen molar-refractivity contribution in [3.63, 3.8) is 0 Å². The normalized spacial score (nSPS) is 11.7. The Morgan fingerprint density at radius 2 is 0.526 bits per heavy atom. The van der Waals surface area contributed by atoms with Crippen LogP contribution in [-0.4, -0.2) is 13.2 Å². The average molecular weight is 537 g/mol. The summed E-state index contributed by atoms with van der Waals surface area (Å²) < 4.78 is 0. The standard InChI is InChI=1S/C36H72O2/c1-3-5-7-9-11-13-15-17-19-21-23-25-27-29-31-33-35-37-38-36-34-32-30-28-26-24-22-20-18-16-14-12-10-8-6-4-2/h17,19H,3-16,18,20-36H2,1-2H3/b19-17-. The first-order valence-electron chi connectivity index (χ1n) is 17.8. The van der Waals surface area contributed by atoms with Crippen LogP contribution in [0, 0.1) is 0 Å². The Morgan fingerprint density at radius 1 is 0.289 bits per heavy atom. The van der Waals surface area contributed by atoms with E-state index in [0.29, 0.717) is 0 Å². The van der Waals surface area contributed by atoms with E-state index in [4.69, 9.17) is 9.78 Å². The van der Waals surface area contributed by atoms with Gasteiger partial charge in [0.15, 0.2) is 0 Å². The minimum absolute atomic E-state index is 0.764. The van der Waals surface area contributed by atoms with Crippen LogP contribution in [0.5, 0.6) is 0 Å². The number of unbranched alkanes of at least 4 members (excludes halogenated alkanes) is 27. The third-order valence-corrected chi connectivity index (χ3v) is 7.90. The fourth-order valence-electron chi connectivity index (χ4n) is 5.24. The molecule has 0 radical (unpaired) electrons. The molecule has 0 rings (SSSR count). The summed E-state index contributed by atoms with van der Waals surface area (Å²) in [5, 5.41) is 0. The van der Waals surface area contributed by atoms with E-state index < -0.39 is 0 Å². The van der Waals surface area contributed by atoms with Crippen molar-refractivity contribution in [3.05, 3.63) is 12.2 Å². The summed E-state index contributed by atoms with van der Waals surface area (Å²) in [4.78, 5) is 10.7. The van der Waals surface area contributed by atoms with Crippen molar-refractivity contribution in [1.29, 1.82) is 0 Å². The molecular formula is C36H72O2. The molecule has 0 N–H and O–H groups in total. The molecule has 0 heterocycles. The minimum atomic E-state index is 0.764. The molecule has 0 aliphatic rings. The molecule has 0 fully saturated rings. The van der Waals surface area contributed by atoms with Crippen LogP contribution in [0.4, 0.5) is 0 Å². The molecule has 2 heteroatoms. The lowest BCUT2D eigenvalue weighted by Crippen LogP contribution is -1.99. The van der Waals surface area contributed by atoms with E-state index >= 15 is 0 Å². The van der Waals surface area contributed by atoms with Crippen molar-refractivity contribution in [1.82, 2.24) is 0 Å². The maximum absolute atomic E-state index is 5.37. The highest BCUT2D eigenvalue weighted by atomic mass is 17.2. The van der Waals surface area contributed by atoms with Crippen LogP contribution in [0.15, 0.2) is 12.2 Å². The molecule has 0 aromatic carbocycles. The zero-order valence-electron chi connectivity index (χ0n) is 26.6. The van der Waals surface area contributed by atoms with Gasteiger partial charge in [-0.15, -0.1) is 0 Å². The topological polar surface area (TPSA) is 18.5 Å². The van der Waals surface area contributed by atoms with Gasteiger partial charge < -0.3 is 0 Å². The van der Waals surface area contributed by atoms with Gasteiger partial charge in [0.05, 0.1) is 13.2 Å². The Labute approximate surface area is 241 Å². The molecule has 0 aromatic heterocycles. The Hall–Kier alpha value is -0.340. The quantitative estimate of drug-likeness (QED) is 0.0352. The highest BCUT2D eigenvalue weighted by Crippen LogP contribution is 2.14. The van der Waals surface area contributed by atoms with E-state index in [-0.39, 0.29) is 0 Å². The van der Waals surface area contributed by atoms with E-state index in [2.05, 4.69) is 26.0 Å². The van der Waals surface area contributed by atoms with Crippen LogP contribution in [-0.2, 0) is 9.78 Å². The van der Waals surface area contributed by atoms with E-state index in [9.17, 15) is 0 Å². The molecule has 0 saturated carbocycles. The number of rotatable bonds is 34. The van der Waals surface area contributed by atoms with E-state index in [1.807, 2.05) is 0 Å². The lowest BCUT2D eigenvalue weighted by Gasteiger charge is -2.05. The molecule has 2 nitrogen and oxygen atoms in total. The molecule has 0 unspecified atom stereocenters. The summed E-state index contributed by atoms with van der Waals surface area (Å²) in [7, 11) is 0. The second kappa shape index (κ2) is 36.7. The summed E-state index contributed by atoms with van der Waals surface area (Å²) in [5.41, 5.74) is 0. The second-order valence-corrected chi connectivity index (χ2v) is 11.9. The predicted octanol–water partition coefficient (Wildman–Crippen LogP) is 13.2. The van der Waals surface area contributed by atoms with Crippen LogP contribution < -0.4 is 0 Å². The monoisotopic (exact) mass is 537 g/mol. The fourth-order valence-corrected chi connectivity index (χ4v) is 5.24. The third kappa shape index (κ3) is 35.7. The fraction of sp³-hybridized carbons (Fsp3) is 0.944. The van der Waals surface area contributed by atoms with Gasteiger partial charge in [-0.25, -0.2) is 9.78 Å². The zero-order valence-corrected chi connectivity index (χ0v) is 26.6. The Balaban J connectivity index is 3.05. The summed E-state index contributed by atoms with van der Waals surface area (Å²) in [6, 6.07) is 0. The molecule has 0 aliphatic carbocycles. The highest BCUT2D eigenvalue weighted by molar-refractivity contribution is 4.81. The van der Waals surface area contributed by atoms with E-state index in [0.717, 1.165) is 26.1 Å². The maximum atomic E-state index is 5.37. The van der Waals surface area contributed by atoms with Gasteiger partial charge in [0, 0.05) is 0 Å².